The highest BCUT2D eigenvalue weighted by atomic mass is 16.6. The van der Waals surface area contributed by atoms with E-state index in [1.165, 1.54) is 0 Å². The number of carbonyl (C=O) groups excluding carboxylic acids is 3. The van der Waals surface area contributed by atoms with Gasteiger partial charge >= 0.3 is 12.2 Å². The van der Waals surface area contributed by atoms with Crippen LogP contribution in [-0.4, -0.2) is 46.8 Å². The highest BCUT2D eigenvalue weighted by Crippen LogP contribution is 2.42. The van der Waals surface area contributed by atoms with Gasteiger partial charge in [-0.1, -0.05) is 30.3 Å². The Labute approximate surface area is 264 Å². The third-order valence-corrected chi connectivity index (χ3v) is 8.55. The van der Waals surface area contributed by atoms with Crippen molar-refractivity contribution in [1.29, 1.82) is 0 Å². The average molecular weight is 614 g/mol. The van der Waals surface area contributed by atoms with Gasteiger partial charge in [0, 0.05) is 37.0 Å². The Hall–Kier alpha value is -4.47. The van der Waals surface area contributed by atoms with Crippen LogP contribution < -0.4 is 16.0 Å². The lowest BCUT2D eigenvalue weighted by Crippen LogP contribution is -2.52. The third-order valence-electron chi connectivity index (χ3n) is 8.55. The molecule has 2 aliphatic rings. The first-order chi connectivity index (χ1) is 21.5. The molecule has 1 aromatic carbocycles. The summed E-state index contributed by atoms with van der Waals surface area (Å²) in [5.74, 6) is 0.601. The van der Waals surface area contributed by atoms with Crippen molar-refractivity contribution < 1.29 is 23.9 Å². The van der Waals surface area contributed by atoms with Gasteiger partial charge in [0.15, 0.2) is 0 Å². The fourth-order valence-corrected chi connectivity index (χ4v) is 6.09. The zero-order valence-corrected chi connectivity index (χ0v) is 26.5. The maximum atomic E-state index is 13.0. The molecule has 0 bridgehead atoms. The first-order valence-electron chi connectivity index (χ1n) is 15.8. The van der Waals surface area contributed by atoms with Crippen molar-refractivity contribution in [2.45, 2.75) is 89.4 Å². The van der Waals surface area contributed by atoms with Gasteiger partial charge in [-0.3, -0.25) is 9.78 Å². The van der Waals surface area contributed by atoms with Crippen molar-refractivity contribution in [3.8, 4) is 22.4 Å². The van der Waals surface area contributed by atoms with Gasteiger partial charge in [0.2, 0.25) is 5.91 Å². The number of aromatic nitrogens is 2. The maximum absolute atomic E-state index is 13.0. The maximum Gasteiger partial charge on any atom is 0.408 e. The zero-order valence-electron chi connectivity index (χ0n) is 26.5. The first kappa shape index (κ1) is 31.9. The molecule has 10 heteroatoms. The fraction of sp³-hybridized carbons (Fsp3) is 0.457. The van der Waals surface area contributed by atoms with Gasteiger partial charge in [-0.05, 0) is 101 Å². The van der Waals surface area contributed by atoms with E-state index in [-0.39, 0.29) is 17.9 Å². The number of nitrogens with one attached hydrogen (secondary N) is 3. The minimum absolute atomic E-state index is 0.0921. The number of rotatable bonds is 8. The van der Waals surface area contributed by atoms with Crippen LogP contribution in [0.4, 0.5) is 15.4 Å². The first-order valence-corrected chi connectivity index (χ1v) is 15.8. The summed E-state index contributed by atoms with van der Waals surface area (Å²) in [4.78, 5) is 46.3. The standard InChI is InChI=1S/C35H43N5O5/c1-34(2,3)45-33(43)40-35(17-7-18-35)25-13-11-24(12-14-25)28-22-38-30(21-27(28)29-8-5-6-19-37-29)39-31(41)20-23-9-15-26(16-10-23)44-32(42)36-4/h5-6,8,11-14,19,21-23,26H,7,9-10,15-18,20H2,1-4H3,(H,36,42)(H,40,43)(H,38,39,41). The number of amides is 3. The molecular formula is C35H43N5O5. The molecule has 2 heterocycles. The van der Waals surface area contributed by atoms with E-state index in [9.17, 15) is 14.4 Å². The Balaban J connectivity index is 1.30. The number of carbonyl (C=O) groups is 3. The van der Waals surface area contributed by atoms with E-state index in [1.807, 2.05) is 57.2 Å². The minimum atomic E-state index is -0.566. The number of pyridine rings is 2. The van der Waals surface area contributed by atoms with Crippen LogP contribution >= 0.6 is 0 Å². The normalized spacial score (nSPS) is 19.0. The monoisotopic (exact) mass is 613 g/mol. The summed E-state index contributed by atoms with van der Waals surface area (Å²) in [6, 6.07) is 15.8. The summed E-state index contributed by atoms with van der Waals surface area (Å²) in [6.45, 7) is 5.58. The van der Waals surface area contributed by atoms with E-state index in [4.69, 9.17) is 9.47 Å². The van der Waals surface area contributed by atoms with Gasteiger partial charge in [-0.2, -0.15) is 0 Å². The topological polar surface area (TPSA) is 132 Å². The Morgan fingerprint density at radius 1 is 0.933 bits per heavy atom. The SMILES string of the molecule is CNC(=O)OC1CCC(CC(=O)Nc2cc(-c3ccccn3)c(-c3ccc(C4(NC(=O)OC(C)(C)C)CCC4)cc3)cn2)CC1. The summed E-state index contributed by atoms with van der Waals surface area (Å²) in [6.07, 6.45) is 8.86. The number of hydrogen-bond donors (Lipinski definition) is 3. The molecule has 3 amide bonds. The molecule has 5 rings (SSSR count). The molecule has 0 aliphatic heterocycles. The van der Waals surface area contributed by atoms with Crippen molar-refractivity contribution in [3.05, 3.63) is 66.5 Å². The van der Waals surface area contributed by atoms with E-state index >= 15 is 0 Å². The van der Waals surface area contributed by atoms with E-state index < -0.39 is 23.3 Å². The smallest absolute Gasteiger partial charge is 0.408 e. The van der Waals surface area contributed by atoms with E-state index in [0.29, 0.717) is 12.2 Å². The average Bonchev–Trinajstić information content (AvgIpc) is 2.99. The van der Waals surface area contributed by atoms with Gasteiger partial charge < -0.3 is 25.4 Å². The molecule has 2 aliphatic carbocycles. The van der Waals surface area contributed by atoms with Crippen LogP contribution in [0.25, 0.3) is 22.4 Å². The van der Waals surface area contributed by atoms with Crippen LogP contribution in [0.3, 0.4) is 0 Å². The molecule has 0 saturated heterocycles. The van der Waals surface area contributed by atoms with Crippen molar-refractivity contribution in [1.82, 2.24) is 20.6 Å². The second kappa shape index (κ2) is 13.7. The van der Waals surface area contributed by atoms with Gasteiger partial charge in [0.05, 0.1) is 11.2 Å². The predicted molar refractivity (Wildman–Crippen MR) is 172 cm³/mol. The lowest BCUT2D eigenvalue weighted by atomic mass is 9.71. The van der Waals surface area contributed by atoms with Crippen molar-refractivity contribution in [3.63, 3.8) is 0 Å². The molecule has 2 saturated carbocycles. The Kier molecular flexibility index (Phi) is 9.70. The van der Waals surface area contributed by atoms with Crippen LogP contribution in [0, 0.1) is 5.92 Å². The quantitative estimate of drug-likeness (QED) is 0.250. The molecule has 2 fully saturated rings. The number of benzene rings is 1. The van der Waals surface area contributed by atoms with Gasteiger partial charge in [-0.25, -0.2) is 14.6 Å². The molecular weight excluding hydrogens is 570 g/mol. The fourth-order valence-electron chi connectivity index (χ4n) is 6.09. The number of hydrogen-bond acceptors (Lipinski definition) is 7. The van der Waals surface area contributed by atoms with Crippen molar-refractivity contribution in [2.75, 3.05) is 12.4 Å². The molecule has 45 heavy (non-hydrogen) atoms. The predicted octanol–water partition coefficient (Wildman–Crippen LogP) is 6.96. The number of alkyl carbamates (subject to hydrolysis) is 2. The molecule has 3 aromatic rings. The number of nitrogens with zero attached hydrogens (tertiary/aromatic N) is 2. The largest absolute Gasteiger partial charge is 0.446 e. The summed E-state index contributed by atoms with van der Waals surface area (Å²) in [5.41, 5.74) is 3.49. The molecule has 0 spiro atoms. The molecule has 0 atom stereocenters. The van der Waals surface area contributed by atoms with Crippen molar-refractivity contribution in [2.24, 2.45) is 5.92 Å². The third kappa shape index (κ3) is 8.17. The van der Waals surface area contributed by atoms with Crippen LogP contribution in [0.15, 0.2) is 60.9 Å². The lowest BCUT2D eigenvalue weighted by molar-refractivity contribution is -0.117. The van der Waals surface area contributed by atoms with E-state index in [2.05, 4.69) is 38.1 Å². The molecule has 238 valence electrons. The Bertz CT molecular complexity index is 1490. The van der Waals surface area contributed by atoms with Crippen molar-refractivity contribution >= 4 is 23.9 Å². The molecule has 0 unspecified atom stereocenters. The summed E-state index contributed by atoms with van der Waals surface area (Å²) in [5, 5.41) is 8.59. The second-order valence-electron chi connectivity index (χ2n) is 13.0. The second-order valence-corrected chi connectivity index (χ2v) is 13.0. The number of ether oxygens (including phenoxy) is 2. The minimum Gasteiger partial charge on any atom is -0.446 e. The summed E-state index contributed by atoms with van der Waals surface area (Å²) < 4.78 is 10.9. The highest BCUT2D eigenvalue weighted by molar-refractivity contribution is 5.92. The van der Waals surface area contributed by atoms with Crippen LogP contribution in [0.1, 0.15) is 77.7 Å². The molecule has 10 nitrogen and oxygen atoms in total. The van der Waals surface area contributed by atoms with Gasteiger partial charge in [0.25, 0.3) is 0 Å². The summed E-state index contributed by atoms with van der Waals surface area (Å²) >= 11 is 0. The molecule has 0 radical (unpaired) electrons. The Morgan fingerprint density at radius 2 is 1.67 bits per heavy atom. The highest BCUT2D eigenvalue weighted by Gasteiger charge is 2.41. The zero-order chi connectivity index (χ0) is 32.0. The van der Waals surface area contributed by atoms with Gasteiger partial charge in [-0.15, -0.1) is 0 Å². The van der Waals surface area contributed by atoms with Crippen LogP contribution in [0.2, 0.25) is 0 Å². The lowest BCUT2D eigenvalue weighted by Gasteiger charge is -2.43. The number of anilines is 1. The van der Waals surface area contributed by atoms with Crippen LogP contribution in [-0.2, 0) is 19.8 Å². The molecule has 3 N–H and O–H groups in total. The van der Waals surface area contributed by atoms with E-state index in [1.54, 1.807) is 19.4 Å². The van der Waals surface area contributed by atoms with Crippen LogP contribution in [0.5, 0.6) is 0 Å². The van der Waals surface area contributed by atoms with E-state index in [0.717, 1.165) is 72.9 Å². The van der Waals surface area contributed by atoms with Gasteiger partial charge in [0.1, 0.15) is 17.5 Å². The Morgan fingerprint density at radius 3 is 2.27 bits per heavy atom. The molecule has 2 aromatic heterocycles. The summed E-state index contributed by atoms with van der Waals surface area (Å²) in [7, 11) is 1.55.